The van der Waals surface area contributed by atoms with E-state index in [-0.39, 0.29) is 29.2 Å². The molecule has 0 spiro atoms. The van der Waals surface area contributed by atoms with Crippen molar-refractivity contribution in [1.29, 1.82) is 0 Å². The lowest BCUT2D eigenvalue weighted by Crippen LogP contribution is -2.42. The van der Waals surface area contributed by atoms with Crippen LogP contribution in [0.25, 0.3) is 0 Å². The van der Waals surface area contributed by atoms with Gasteiger partial charge in [0.25, 0.3) is 5.91 Å². The lowest BCUT2D eigenvalue weighted by atomic mass is 9.74. The summed E-state index contributed by atoms with van der Waals surface area (Å²) in [4.78, 5) is 26.8. The Morgan fingerprint density at radius 2 is 1.72 bits per heavy atom. The number of benzene rings is 2. The maximum Gasteiger partial charge on any atom is 0.252 e. The Balaban J connectivity index is 2.03. The Morgan fingerprint density at radius 1 is 1.06 bits per heavy atom. The van der Waals surface area contributed by atoms with Crippen LogP contribution in [0.1, 0.15) is 54.6 Å². The molecule has 0 unspecified atom stereocenters. The second-order valence-electron chi connectivity index (χ2n) is 9.55. The molecule has 0 aromatic heterocycles. The van der Waals surface area contributed by atoms with Gasteiger partial charge in [0.2, 0.25) is 5.91 Å². The number of nitrogens with zero attached hydrogens (tertiary/aromatic N) is 1. The van der Waals surface area contributed by atoms with E-state index in [4.69, 9.17) is 11.6 Å². The zero-order valence-corrected chi connectivity index (χ0v) is 20.8. The number of amides is 2. The summed E-state index contributed by atoms with van der Waals surface area (Å²) >= 11 is 6.31. The maximum absolute atomic E-state index is 12.9. The number of rotatable bonds is 9. The van der Waals surface area contributed by atoms with Gasteiger partial charge >= 0.3 is 0 Å². The van der Waals surface area contributed by atoms with Crippen LogP contribution in [0.3, 0.4) is 0 Å². The first kappa shape index (κ1) is 25.9. The average Bonchev–Trinajstić information content (AvgIpc) is 2.74. The summed E-state index contributed by atoms with van der Waals surface area (Å²) in [5, 5.41) is 6.15. The second kappa shape index (κ2) is 11.5. The third-order valence-electron chi connectivity index (χ3n) is 5.88. The molecule has 0 aliphatic rings. The summed E-state index contributed by atoms with van der Waals surface area (Å²) in [5.74, 6) is -0.0176. The Labute approximate surface area is 197 Å². The molecule has 0 fully saturated rings. The van der Waals surface area contributed by atoms with Gasteiger partial charge in [-0.05, 0) is 55.1 Å². The van der Waals surface area contributed by atoms with Crippen LogP contribution in [-0.2, 0) is 11.2 Å². The van der Waals surface area contributed by atoms with Crippen LogP contribution >= 0.6 is 11.6 Å². The fraction of sp³-hybridized carbons (Fsp3) is 0.462. The van der Waals surface area contributed by atoms with Gasteiger partial charge in [0, 0.05) is 26.1 Å². The molecule has 0 radical (unpaired) electrons. The molecule has 2 aromatic carbocycles. The lowest BCUT2D eigenvalue weighted by molar-refractivity contribution is -0.122. The van der Waals surface area contributed by atoms with Gasteiger partial charge in [0.15, 0.2) is 0 Å². The highest BCUT2D eigenvalue weighted by Gasteiger charge is 2.28. The molecule has 0 aliphatic carbocycles. The molecule has 2 N–H and O–H groups in total. The first-order valence-electron chi connectivity index (χ1n) is 11.0. The summed E-state index contributed by atoms with van der Waals surface area (Å²) < 4.78 is 0. The standard InChI is InChI=1S/C26H36ClN3O2/c1-26(2,3)22(19-10-8-7-9-11-19)16-24(31)29-17-20(30(5)6)14-18-12-13-21(23(27)15-18)25(32)28-4/h7-13,15,20,22H,14,16-17H2,1-6H3,(H,28,32)(H,29,31)/t20-,22+/m0/s1. The summed E-state index contributed by atoms with van der Waals surface area (Å²) in [6.07, 6.45) is 1.16. The van der Waals surface area contributed by atoms with Crippen molar-refractivity contribution < 1.29 is 9.59 Å². The van der Waals surface area contributed by atoms with Crippen LogP contribution in [0.4, 0.5) is 0 Å². The number of hydrogen-bond donors (Lipinski definition) is 2. The van der Waals surface area contributed by atoms with Crippen LogP contribution in [0.15, 0.2) is 48.5 Å². The molecule has 0 bridgehead atoms. The summed E-state index contributed by atoms with van der Waals surface area (Å²) in [5.41, 5.74) is 2.64. The first-order chi connectivity index (χ1) is 15.0. The van der Waals surface area contributed by atoms with Crippen molar-refractivity contribution in [3.63, 3.8) is 0 Å². The number of nitrogens with one attached hydrogen (secondary N) is 2. The maximum atomic E-state index is 12.9. The van der Waals surface area contributed by atoms with Crippen molar-refractivity contribution in [3.05, 3.63) is 70.2 Å². The highest BCUT2D eigenvalue weighted by Crippen LogP contribution is 2.37. The molecule has 6 heteroatoms. The summed E-state index contributed by atoms with van der Waals surface area (Å²) in [7, 11) is 5.58. The Kier molecular flexibility index (Phi) is 9.29. The zero-order chi connectivity index (χ0) is 23.9. The highest BCUT2D eigenvalue weighted by atomic mass is 35.5. The lowest BCUT2D eigenvalue weighted by Gasteiger charge is -2.31. The van der Waals surface area contributed by atoms with Gasteiger partial charge < -0.3 is 15.5 Å². The number of halogens is 1. The van der Waals surface area contributed by atoms with Crippen molar-refractivity contribution in [2.75, 3.05) is 27.7 Å². The van der Waals surface area contributed by atoms with E-state index in [1.807, 2.05) is 44.4 Å². The number of hydrogen-bond acceptors (Lipinski definition) is 3. The van der Waals surface area contributed by atoms with E-state index in [1.165, 1.54) is 5.56 Å². The molecular formula is C26H36ClN3O2. The van der Waals surface area contributed by atoms with E-state index in [2.05, 4.69) is 48.4 Å². The number of carbonyl (C=O) groups is 2. The third kappa shape index (κ3) is 7.35. The van der Waals surface area contributed by atoms with E-state index in [0.717, 1.165) is 5.56 Å². The fourth-order valence-electron chi connectivity index (χ4n) is 3.81. The molecule has 0 heterocycles. The van der Waals surface area contributed by atoms with Crippen LogP contribution < -0.4 is 10.6 Å². The average molecular weight is 458 g/mol. The Morgan fingerprint density at radius 3 is 2.25 bits per heavy atom. The molecular weight excluding hydrogens is 422 g/mol. The van der Waals surface area contributed by atoms with E-state index < -0.39 is 0 Å². The second-order valence-corrected chi connectivity index (χ2v) is 9.96. The summed E-state index contributed by atoms with van der Waals surface area (Å²) in [6, 6.07) is 15.8. The zero-order valence-electron chi connectivity index (χ0n) is 20.0. The minimum Gasteiger partial charge on any atom is -0.355 e. The smallest absolute Gasteiger partial charge is 0.252 e. The van der Waals surface area contributed by atoms with Gasteiger partial charge in [-0.2, -0.15) is 0 Å². The molecule has 0 aliphatic heterocycles. The number of carbonyl (C=O) groups excluding carboxylic acids is 2. The predicted molar refractivity (Wildman–Crippen MR) is 132 cm³/mol. The van der Waals surface area contributed by atoms with Gasteiger partial charge in [-0.3, -0.25) is 9.59 Å². The van der Waals surface area contributed by atoms with Crippen LogP contribution in [0.2, 0.25) is 5.02 Å². The molecule has 2 atom stereocenters. The van der Waals surface area contributed by atoms with Crippen molar-refractivity contribution >= 4 is 23.4 Å². The van der Waals surface area contributed by atoms with E-state index in [9.17, 15) is 9.59 Å². The van der Waals surface area contributed by atoms with E-state index in [1.54, 1.807) is 13.1 Å². The van der Waals surface area contributed by atoms with Crippen molar-refractivity contribution in [2.24, 2.45) is 5.41 Å². The van der Waals surface area contributed by atoms with Gasteiger partial charge in [-0.15, -0.1) is 0 Å². The molecule has 0 saturated heterocycles. The number of likely N-dealkylation sites (N-methyl/N-ethyl adjacent to an activating group) is 1. The molecule has 2 rings (SSSR count). The van der Waals surface area contributed by atoms with Crippen molar-refractivity contribution in [3.8, 4) is 0 Å². The third-order valence-corrected chi connectivity index (χ3v) is 6.19. The normalized spacial score (nSPS) is 13.5. The minimum absolute atomic E-state index is 0.0249. The summed E-state index contributed by atoms with van der Waals surface area (Å²) in [6.45, 7) is 7.05. The van der Waals surface area contributed by atoms with Crippen LogP contribution in [0, 0.1) is 5.41 Å². The Bertz CT molecular complexity index is 907. The monoisotopic (exact) mass is 457 g/mol. The van der Waals surface area contributed by atoms with Gasteiger partial charge in [-0.25, -0.2) is 0 Å². The van der Waals surface area contributed by atoms with Gasteiger partial charge in [0.05, 0.1) is 10.6 Å². The largest absolute Gasteiger partial charge is 0.355 e. The highest BCUT2D eigenvalue weighted by molar-refractivity contribution is 6.33. The fourth-order valence-corrected chi connectivity index (χ4v) is 4.10. The molecule has 174 valence electrons. The van der Waals surface area contributed by atoms with E-state index in [0.29, 0.717) is 30.0 Å². The topological polar surface area (TPSA) is 61.4 Å². The molecule has 2 aromatic rings. The Hall–Kier alpha value is -2.37. The van der Waals surface area contributed by atoms with Crippen molar-refractivity contribution in [1.82, 2.24) is 15.5 Å². The van der Waals surface area contributed by atoms with E-state index >= 15 is 0 Å². The molecule has 32 heavy (non-hydrogen) atoms. The molecule has 2 amide bonds. The molecule has 5 nitrogen and oxygen atoms in total. The van der Waals surface area contributed by atoms with Crippen LogP contribution in [-0.4, -0.2) is 50.4 Å². The van der Waals surface area contributed by atoms with Gasteiger partial charge in [0.1, 0.15) is 0 Å². The van der Waals surface area contributed by atoms with Crippen molar-refractivity contribution in [2.45, 2.75) is 45.6 Å². The first-order valence-corrected chi connectivity index (χ1v) is 11.4. The van der Waals surface area contributed by atoms with Gasteiger partial charge in [-0.1, -0.05) is 68.8 Å². The minimum atomic E-state index is -0.204. The quantitative estimate of drug-likeness (QED) is 0.582. The molecule has 0 saturated carbocycles. The SMILES string of the molecule is CNC(=O)c1ccc(C[C@@H](CNC(=O)C[C@H](c2ccccc2)C(C)(C)C)N(C)C)cc1Cl. The van der Waals surface area contributed by atoms with Crippen LogP contribution in [0.5, 0.6) is 0 Å². The predicted octanol–water partition coefficient (Wildman–Crippen LogP) is 4.51.